The molecular weight excluding hydrogens is 334 g/mol. The van der Waals surface area contributed by atoms with E-state index in [9.17, 15) is 0 Å². The van der Waals surface area contributed by atoms with E-state index in [0.717, 1.165) is 55.7 Å². The molecule has 0 aromatic carbocycles. The standard InChI is InChI=1S/C18H23N5OS/c1-22(7-3-6-19)17-16-13-4-2-5-14(13)25-18(16)21-15(20-17)12-23-8-10-24-11-9-23/h2-5,7-12H2,1H3/p+1. The number of ether oxygens (including phenoxy) is 1. The Morgan fingerprint density at radius 1 is 1.28 bits per heavy atom. The lowest BCUT2D eigenvalue weighted by atomic mass is 10.2. The molecule has 4 rings (SSSR count). The van der Waals surface area contributed by atoms with Crippen LogP contribution in [0.3, 0.4) is 0 Å². The van der Waals surface area contributed by atoms with E-state index in [1.165, 1.54) is 33.6 Å². The van der Waals surface area contributed by atoms with Gasteiger partial charge in [-0.3, -0.25) is 0 Å². The van der Waals surface area contributed by atoms with Crippen LogP contribution in [0.1, 0.15) is 29.1 Å². The molecule has 0 unspecified atom stereocenters. The van der Waals surface area contributed by atoms with Crippen molar-refractivity contribution in [3.8, 4) is 6.07 Å². The van der Waals surface area contributed by atoms with Crippen molar-refractivity contribution < 1.29 is 9.64 Å². The number of nitriles is 1. The summed E-state index contributed by atoms with van der Waals surface area (Å²) >= 11 is 1.84. The first-order valence-corrected chi connectivity index (χ1v) is 9.88. The molecule has 0 atom stereocenters. The monoisotopic (exact) mass is 358 g/mol. The average Bonchev–Trinajstić information content (AvgIpc) is 3.20. The highest BCUT2D eigenvalue weighted by atomic mass is 32.1. The second-order valence-corrected chi connectivity index (χ2v) is 7.95. The van der Waals surface area contributed by atoms with Gasteiger partial charge in [-0.25, -0.2) is 9.97 Å². The minimum atomic E-state index is 0.512. The summed E-state index contributed by atoms with van der Waals surface area (Å²) in [6, 6.07) is 2.24. The summed E-state index contributed by atoms with van der Waals surface area (Å²) in [7, 11) is 2.05. The molecule has 25 heavy (non-hydrogen) atoms. The molecule has 3 heterocycles. The molecule has 6 nitrogen and oxygen atoms in total. The fourth-order valence-corrected chi connectivity index (χ4v) is 5.03. The van der Waals surface area contributed by atoms with Crippen molar-refractivity contribution >= 4 is 27.4 Å². The Labute approximate surface area is 152 Å². The van der Waals surface area contributed by atoms with Crippen molar-refractivity contribution in [3.63, 3.8) is 0 Å². The minimum absolute atomic E-state index is 0.512. The van der Waals surface area contributed by atoms with E-state index in [4.69, 9.17) is 20.0 Å². The zero-order valence-corrected chi connectivity index (χ0v) is 15.5. The smallest absolute Gasteiger partial charge is 0.187 e. The van der Waals surface area contributed by atoms with Gasteiger partial charge in [0.1, 0.15) is 30.3 Å². The van der Waals surface area contributed by atoms with Gasteiger partial charge in [0.2, 0.25) is 0 Å². The first-order chi connectivity index (χ1) is 12.3. The van der Waals surface area contributed by atoms with Gasteiger partial charge in [-0.05, 0) is 24.8 Å². The summed E-state index contributed by atoms with van der Waals surface area (Å²) in [4.78, 5) is 16.1. The highest BCUT2D eigenvalue weighted by molar-refractivity contribution is 7.19. The number of hydrogen-bond donors (Lipinski definition) is 1. The van der Waals surface area contributed by atoms with E-state index >= 15 is 0 Å². The zero-order valence-electron chi connectivity index (χ0n) is 14.7. The van der Waals surface area contributed by atoms with Gasteiger partial charge in [0.05, 0.1) is 31.1 Å². The fraction of sp³-hybridized carbons (Fsp3) is 0.611. The van der Waals surface area contributed by atoms with Gasteiger partial charge >= 0.3 is 0 Å². The van der Waals surface area contributed by atoms with E-state index in [2.05, 4.69) is 11.0 Å². The molecule has 2 aromatic rings. The van der Waals surface area contributed by atoms with E-state index < -0.39 is 0 Å². The van der Waals surface area contributed by atoms with Crippen molar-refractivity contribution in [2.75, 3.05) is 44.8 Å². The molecule has 0 spiro atoms. The number of nitrogens with zero attached hydrogens (tertiary/aromatic N) is 4. The van der Waals surface area contributed by atoms with Crippen molar-refractivity contribution in [2.45, 2.75) is 32.2 Å². The predicted octanol–water partition coefficient (Wildman–Crippen LogP) is 0.945. The van der Waals surface area contributed by atoms with Crippen LogP contribution >= 0.6 is 11.3 Å². The third kappa shape index (κ3) is 3.34. The lowest BCUT2D eigenvalue weighted by Gasteiger charge is -2.24. The molecule has 1 fully saturated rings. The van der Waals surface area contributed by atoms with Crippen LogP contribution in [-0.2, 0) is 24.1 Å². The number of aromatic nitrogens is 2. The van der Waals surface area contributed by atoms with Crippen molar-refractivity contribution in [2.24, 2.45) is 0 Å². The average molecular weight is 358 g/mol. The molecule has 0 amide bonds. The lowest BCUT2D eigenvalue weighted by Crippen LogP contribution is -3.12. The third-order valence-electron chi connectivity index (χ3n) is 5.12. The number of morpholine rings is 1. The summed E-state index contributed by atoms with van der Waals surface area (Å²) in [5, 5.41) is 10.2. The van der Waals surface area contributed by atoms with Crippen LogP contribution in [0.15, 0.2) is 0 Å². The van der Waals surface area contributed by atoms with Gasteiger partial charge in [0.25, 0.3) is 0 Å². The van der Waals surface area contributed by atoms with E-state index in [0.29, 0.717) is 13.0 Å². The second-order valence-electron chi connectivity index (χ2n) is 6.87. The normalized spacial score (nSPS) is 17.6. The molecule has 0 bridgehead atoms. The third-order valence-corrected chi connectivity index (χ3v) is 6.31. The van der Waals surface area contributed by atoms with E-state index in [1.807, 2.05) is 18.4 Å². The number of fused-ring (bicyclic) bond motifs is 3. The number of quaternary nitrogens is 1. The molecule has 2 aliphatic rings. The quantitative estimate of drug-likeness (QED) is 0.862. The van der Waals surface area contributed by atoms with Crippen LogP contribution < -0.4 is 9.80 Å². The fourth-order valence-electron chi connectivity index (χ4n) is 3.76. The first kappa shape index (κ1) is 16.7. The molecule has 0 radical (unpaired) electrons. The number of nitrogens with one attached hydrogen (secondary N) is 1. The minimum Gasteiger partial charge on any atom is -0.370 e. The number of thiophene rings is 1. The molecule has 1 N–H and O–H groups in total. The van der Waals surface area contributed by atoms with Gasteiger partial charge in [-0.15, -0.1) is 11.3 Å². The zero-order chi connectivity index (χ0) is 17.2. The summed E-state index contributed by atoms with van der Waals surface area (Å²) in [5.74, 6) is 1.94. The SMILES string of the molecule is CN(CCC#N)c1nc(C[NH+]2CCOCC2)nc2sc3c(c12)CCC3. The Hall–Kier alpha value is -1.75. The molecule has 1 saturated heterocycles. The Kier molecular flexibility index (Phi) is 4.84. The van der Waals surface area contributed by atoms with Gasteiger partial charge in [0, 0.05) is 18.5 Å². The molecule has 132 valence electrons. The molecular formula is C18H24N5OS+. The van der Waals surface area contributed by atoms with Crippen LogP contribution in [0, 0.1) is 11.3 Å². The number of hydrogen-bond acceptors (Lipinski definition) is 6. The van der Waals surface area contributed by atoms with Crippen LogP contribution in [-0.4, -0.2) is 49.9 Å². The van der Waals surface area contributed by atoms with E-state index in [1.54, 1.807) is 0 Å². The first-order valence-electron chi connectivity index (χ1n) is 9.07. The molecule has 1 aliphatic carbocycles. The van der Waals surface area contributed by atoms with Crippen LogP contribution in [0.5, 0.6) is 0 Å². The van der Waals surface area contributed by atoms with Crippen LogP contribution in [0.25, 0.3) is 10.2 Å². The second kappa shape index (κ2) is 7.24. The lowest BCUT2D eigenvalue weighted by molar-refractivity contribution is -0.922. The summed E-state index contributed by atoms with van der Waals surface area (Å²) in [6.45, 7) is 5.22. The maximum atomic E-state index is 8.94. The maximum Gasteiger partial charge on any atom is 0.187 e. The number of aryl methyl sites for hydroxylation is 2. The largest absolute Gasteiger partial charge is 0.370 e. The Bertz CT molecular complexity index is 806. The maximum absolute atomic E-state index is 8.94. The number of rotatable bonds is 5. The van der Waals surface area contributed by atoms with Crippen molar-refractivity contribution in [1.29, 1.82) is 5.26 Å². The molecule has 2 aromatic heterocycles. The van der Waals surface area contributed by atoms with Gasteiger partial charge in [0.15, 0.2) is 5.82 Å². The Morgan fingerprint density at radius 3 is 2.92 bits per heavy atom. The Balaban J connectivity index is 1.71. The Morgan fingerprint density at radius 2 is 2.12 bits per heavy atom. The van der Waals surface area contributed by atoms with Crippen LogP contribution in [0.4, 0.5) is 5.82 Å². The summed E-state index contributed by atoms with van der Waals surface area (Å²) in [6.07, 6.45) is 4.05. The summed E-state index contributed by atoms with van der Waals surface area (Å²) in [5.41, 5.74) is 1.45. The topological polar surface area (TPSA) is 66.5 Å². The van der Waals surface area contributed by atoms with E-state index in [-0.39, 0.29) is 0 Å². The van der Waals surface area contributed by atoms with Crippen LogP contribution in [0.2, 0.25) is 0 Å². The highest BCUT2D eigenvalue weighted by Gasteiger charge is 2.25. The highest BCUT2D eigenvalue weighted by Crippen LogP contribution is 2.40. The van der Waals surface area contributed by atoms with Gasteiger partial charge in [-0.2, -0.15) is 5.26 Å². The molecule has 1 aliphatic heterocycles. The predicted molar refractivity (Wildman–Crippen MR) is 98.2 cm³/mol. The molecule has 0 saturated carbocycles. The van der Waals surface area contributed by atoms with Crippen molar-refractivity contribution in [3.05, 3.63) is 16.3 Å². The van der Waals surface area contributed by atoms with Crippen molar-refractivity contribution in [1.82, 2.24) is 9.97 Å². The van der Waals surface area contributed by atoms with Gasteiger partial charge in [-0.1, -0.05) is 0 Å². The number of anilines is 1. The molecule has 7 heteroatoms. The van der Waals surface area contributed by atoms with Gasteiger partial charge < -0.3 is 14.5 Å². The summed E-state index contributed by atoms with van der Waals surface area (Å²) < 4.78 is 5.46.